The molecule has 6 unspecified atom stereocenters. The highest BCUT2D eigenvalue weighted by Crippen LogP contribution is 2.63. The molecule has 4 rings (SSSR count). The Morgan fingerprint density at radius 3 is 2.04 bits per heavy atom. The van der Waals surface area contributed by atoms with E-state index in [1.165, 1.54) is 51.4 Å². The van der Waals surface area contributed by atoms with Crippen LogP contribution in [-0.4, -0.2) is 0 Å². The second-order valence-electron chi connectivity index (χ2n) is 11.2. The molecule has 0 N–H and O–H groups in total. The first-order chi connectivity index (χ1) is 11.4. The van der Waals surface area contributed by atoms with Gasteiger partial charge in [-0.25, -0.2) is 0 Å². The fraction of sp³-hybridized carbons (Fsp3) is 1.00. The third-order valence-corrected chi connectivity index (χ3v) is 10.3. The van der Waals surface area contributed by atoms with Crippen LogP contribution in [0.2, 0.25) is 0 Å². The SMILES string of the molecule is CC1C2CCCCC2C2CC(C(C)(C)C3(C)CCCCC3)CCC12. The average Bonchev–Trinajstić information content (AvgIpc) is 2.88. The van der Waals surface area contributed by atoms with E-state index in [1.807, 2.05) is 0 Å². The first kappa shape index (κ1) is 17.4. The van der Waals surface area contributed by atoms with Crippen molar-refractivity contribution in [2.75, 3.05) is 0 Å². The molecule has 0 heteroatoms. The number of hydrogen-bond acceptors (Lipinski definition) is 0. The van der Waals surface area contributed by atoms with E-state index in [4.69, 9.17) is 0 Å². The van der Waals surface area contributed by atoms with E-state index in [9.17, 15) is 0 Å². The summed E-state index contributed by atoms with van der Waals surface area (Å²) in [6.07, 6.45) is 18.3. The highest BCUT2D eigenvalue weighted by atomic mass is 14.6. The number of rotatable bonds is 2. The van der Waals surface area contributed by atoms with Gasteiger partial charge in [-0.1, -0.05) is 59.8 Å². The molecule has 138 valence electrons. The lowest BCUT2D eigenvalue weighted by atomic mass is 9.51. The second-order valence-corrected chi connectivity index (χ2v) is 11.2. The summed E-state index contributed by atoms with van der Waals surface area (Å²) in [7, 11) is 0. The third-order valence-electron chi connectivity index (χ3n) is 10.3. The molecule has 0 radical (unpaired) electrons. The van der Waals surface area contributed by atoms with E-state index in [0.717, 1.165) is 35.5 Å². The molecule has 4 saturated carbocycles. The summed E-state index contributed by atoms with van der Waals surface area (Å²) in [6, 6.07) is 0. The van der Waals surface area contributed by atoms with Crippen LogP contribution in [-0.2, 0) is 0 Å². The van der Waals surface area contributed by atoms with E-state index in [1.54, 1.807) is 25.7 Å². The van der Waals surface area contributed by atoms with Gasteiger partial charge in [-0.2, -0.15) is 0 Å². The van der Waals surface area contributed by atoms with Crippen LogP contribution >= 0.6 is 0 Å². The van der Waals surface area contributed by atoms with Crippen LogP contribution in [0.15, 0.2) is 0 Å². The van der Waals surface area contributed by atoms with Crippen molar-refractivity contribution in [1.82, 2.24) is 0 Å². The van der Waals surface area contributed by atoms with E-state index >= 15 is 0 Å². The summed E-state index contributed by atoms with van der Waals surface area (Å²) >= 11 is 0. The molecule has 0 amide bonds. The van der Waals surface area contributed by atoms with Crippen LogP contribution < -0.4 is 0 Å². The minimum Gasteiger partial charge on any atom is -0.0620 e. The van der Waals surface area contributed by atoms with Crippen molar-refractivity contribution < 1.29 is 0 Å². The molecule has 6 atom stereocenters. The Hall–Kier alpha value is 0. The van der Waals surface area contributed by atoms with Crippen molar-refractivity contribution in [3.63, 3.8) is 0 Å². The monoisotopic (exact) mass is 330 g/mol. The summed E-state index contributed by atoms with van der Waals surface area (Å²) in [5.41, 5.74) is 1.16. The molecule has 0 aromatic rings. The Bertz CT molecular complexity index is 441. The molecule has 0 spiro atoms. The summed E-state index contributed by atoms with van der Waals surface area (Å²) in [4.78, 5) is 0. The van der Waals surface area contributed by atoms with E-state index in [0.29, 0.717) is 10.8 Å². The van der Waals surface area contributed by atoms with Crippen molar-refractivity contribution in [2.24, 2.45) is 46.3 Å². The van der Waals surface area contributed by atoms with Gasteiger partial charge in [0.15, 0.2) is 0 Å². The van der Waals surface area contributed by atoms with Gasteiger partial charge in [0.2, 0.25) is 0 Å². The zero-order valence-electron chi connectivity index (χ0n) is 16.9. The summed E-state index contributed by atoms with van der Waals surface area (Å²) < 4.78 is 0. The van der Waals surface area contributed by atoms with Gasteiger partial charge in [0, 0.05) is 0 Å². The fourth-order valence-corrected chi connectivity index (χ4v) is 8.19. The standard InChI is InChI=1S/C24H42/c1-17-19-10-6-7-11-21(19)22-16-18(12-13-20(17)22)23(2,3)24(4)14-8-5-9-15-24/h17-22H,5-16H2,1-4H3. The van der Waals surface area contributed by atoms with E-state index < -0.39 is 0 Å². The van der Waals surface area contributed by atoms with Crippen LogP contribution in [0.4, 0.5) is 0 Å². The number of hydrogen-bond donors (Lipinski definition) is 0. The van der Waals surface area contributed by atoms with Crippen molar-refractivity contribution in [2.45, 2.75) is 105 Å². The summed E-state index contributed by atoms with van der Waals surface area (Å²) in [5, 5.41) is 0. The molecule has 0 aromatic carbocycles. The molecule has 0 aromatic heterocycles. The summed E-state index contributed by atoms with van der Waals surface area (Å²) in [6.45, 7) is 10.6. The Labute approximate surface area is 151 Å². The lowest BCUT2D eigenvalue weighted by molar-refractivity contribution is -0.0427. The molecule has 0 aliphatic heterocycles. The van der Waals surface area contributed by atoms with Crippen molar-refractivity contribution >= 4 is 0 Å². The molecule has 4 aliphatic carbocycles. The molecular formula is C24H42. The third kappa shape index (κ3) is 2.61. The molecule has 4 aliphatic rings. The normalized spacial score (nSPS) is 45.5. The maximum atomic E-state index is 2.67. The fourth-order valence-electron chi connectivity index (χ4n) is 8.19. The Morgan fingerprint density at radius 2 is 1.33 bits per heavy atom. The lowest BCUT2D eigenvalue weighted by Gasteiger charge is -2.54. The molecule has 0 saturated heterocycles. The minimum atomic E-state index is 0.550. The summed E-state index contributed by atoms with van der Waals surface area (Å²) in [5.74, 6) is 6.42. The maximum Gasteiger partial charge on any atom is -0.0272 e. The van der Waals surface area contributed by atoms with Gasteiger partial charge in [0.05, 0.1) is 0 Å². The van der Waals surface area contributed by atoms with Crippen molar-refractivity contribution in [1.29, 1.82) is 0 Å². The highest BCUT2D eigenvalue weighted by Gasteiger charge is 2.54. The Balaban J connectivity index is 1.52. The Kier molecular flexibility index (Phi) is 4.58. The first-order valence-electron chi connectivity index (χ1n) is 11.4. The Morgan fingerprint density at radius 1 is 0.708 bits per heavy atom. The van der Waals surface area contributed by atoms with Crippen molar-refractivity contribution in [3.05, 3.63) is 0 Å². The van der Waals surface area contributed by atoms with Gasteiger partial charge in [-0.05, 0) is 91.3 Å². The van der Waals surface area contributed by atoms with Crippen LogP contribution in [0.1, 0.15) is 105 Å². The highest BCUT2D eigenvalue weighted by molar-refractivity contribution is 5.04. The van der Waals surface area contributed by atoms with Gasteiger partial charge in [0.1, 0.15) is 0 Å². The van der Waals surface area contributed by atoms with Crippen LogP contribution in [0.25, 0.3) is 0 Å². The largest absolute Gasteiger partial charge is 0.0620 e. The van der Waals surface area contributed by atoms with Gasteiger partial charge in [-0.3, -0.25) is 0 Å². The molecule has 24 heavy (non-hydrogen) atoms. The zero-order valence-corrected chi connectivity index (χ0v) is 16.9. The topological polar surface area (TPSA) is 0 Å². The second kappa shape index (κ2) is 6.31. The molecular weight excluding hydrogens is 288 g/mol. The minimum absolute atomic E-state index is 0.550. The predicted octanol–water partition coefficient (Wildman–Crippen LogP) is 7.47. The smallest absolute Gasteiger partial charge is 0.0272 e. The zero-order chi connectivity index (χ0) is 16.9. The average molecular weight is 331 g/mol. The van der Waals surface area contributed by atoms with Crippen LogP contribution in [0.5, 0.6) is 0 Å². The predicted molar refractivity (Wildman–Crippen MR) is 104 cm³/mol. The quantitative estimate of drug-likeness (QED) is 0.492. The molecule has 0 nitrogen and oxygen atoms in total. The first-order valence-corrected chi connectivity index (χ1v) is 11.4. The van der Waals surface area contributed by atoms with Crippen LogP contribution in [0, 0.1) is 46.3 Å². The van der Waals surface area contributed by atoms with Gasteiger partial charge in [-0.15, -0.1) is 0 Å². The van der Waals surface area contributed by atoms with Gasteiger partial charge < -0.3 is 0 Å². The van der Waals surface area contributed by atoms with E-state index in [2.05, 4.69) is 27.7 Å². The molecule has 0 heterocycles. The lowest BCUT2D eigenvalue weighted by Crippen LogP contribution is -2.45. The van der Waals surface area contributed by atoms with E-state index in [-0.39, 0.29) is 0 Å². The molecule has 4 fully saturated rings. The number of fused-ring (bicyclic) bond motifs is 3. The maximum absolute atomic E-state index is 2.67. The van der Waals surface area contributed by atoms with Gasteiger partial charge in [0.25, 0.3) is 0 Å². The molecule has 0 bridgehead atoms. The van der Waals surface area contributed by atoms with Crippen LogP contribution in [0.3, 0.4) is 0 Å². The van der Waals surface area contributed by atoms with Gasteiger partial charge >= 0.3 is 0 Å². The van der Waals surface area contributed by atoms with Crippen molar-refractivity contribution in [3.8, 4) is 0 Å².